The molecule has 0 aliphatic heterocycles. The van der Waals surface area contributed by atoms with E-state index in [1.54, 1.807) is 17.5 Å². The molecular formula is C15H27N3OS2. The standard InChI is InChI=1S/C8H15NOS.C7H12N2S/c1-2-3-4-7(11)5-6-8(9)10;1-2-3-4-7-9-5-6(8)10-7/h2-6H2,1H3,(H2,9,10);5H,2-4,8H2,1H3. The smallest absolute Gasteiger partial charge is 0.217 e. The van der Waals surface area contributed by atoms with Gasteiger partial charge < -0.3 is 11.5 Å². The number of hydrogen-bond donors (Lipinski definition) is 2. The first-order valence-corrected chi connectivity index (χ1v) is 8.72. The average molecular weight is 330 g/mol. The summed E-state index contributed by atoms with van der Waals surface area (Å²) >= 11 is 6.62. The highest BCUT2D eigenvalue weighted by Crippen LogP contribution is 2.16. The molecule has 0 fully saturated rings. The molecule has 0 bridgehead atoms. The lowest BCUT2D eigenvalue weighted by atomic mass is 10.1. The summed E-state index contributed by atoms with van der Waals surface area (Å²) in [6.07, 6.45) is 9.57. The first-order chi connectivity index (χ1) is 9.99. The zero-order chi connectivity index (χ0) is 16.1. The molecule has 0 atom stereocenters. The first kappa shape index (κ1) is 20.0. The van der Waals surface area contributed by atoms with Crippen molar-refractivity contribution in [2.24, 2.45) is 5.73 Å². The van der Waals surface area contributed by atoms with Gasteiger partial charge in [-0.15, -0.1) is 11.3 Å². The number of carbonyl (C=O) groups excluding carboxylic acids is 1. The maximum absolute atomic E-state index is 10.3. The zero-order valence-corrected chi connectivity index (χ0v) is 14.7. The maximum atomic E-state index is 10.3. The Morgan fingerprint density at radius 3 is 2.38 bits per heavy atom. The number of anilines is 1. The first-order valence-electron chi connectivity index (χ1n) is 7.49. The van der Waals surface area contributed by atoms with Crippen LogP contribution in [0.1, 0.15) is 63.8 Å². The molecule has 1 aromatic rings. The van der Waals surface area contributed by atoms with Gasteiger partial charge in [-0.05, 0) is 37.0 Å². The number of hydrogen-bond acceptors (Lipinski definition) is 5. The summed E-state index contributed by atoms with van der Waals surface area (Å²) in [6, 6.07) is 0. The number of nitrogens with two attached hydrogens (primary N) is 2. The fourth-order valence-electron chi connectivity index (χ4n) is 1.53. The largest absolute Gasteiger partial charge is 0.389 e. The molecular weight excluding hydrogens is 302 g/mol. The van der Waals surface area contributed by atoms with Crippen LogP contribution in [-0.4, -0.2) is 15.8 Å². The topological polar surface area (TPSA) is 82.0 Å². The Morgan fingerprint density at radius 2 is 1.90 bits per heavy atom. The Morgan fingerprint density at radius 1 is 1.24 bits per heavy atom. The molecule has 1 rings (SSSR count). The summed E-state index contributed by atoms with van der Waals surface area (Å²) in [5.41, 5.74) is 10.5. The minimum absolute atomic E-state index is 0.260. The van der Waals surface area contributed by atoms with Crippen molar-refractivity contribution >= 4 is 39.3 Å². The molecule has 0 saturated carbocycles. The van der Waals surface area contributed by atoms with Gasteiger partial charge in [0.05, 0.1) is 11.2 Å². The predicted octanol–water partition coefficient (Wildman–Crippen LogP) is 3.88. The number of rotatable bonds is 9. The lowest BCUT2D eigenvalue weighted by Crippen LogP contribution is -2.11. The Kier molecular flexibility index (Phi) is 12.1. The number of primary amides is 1. The maximum Gasteiger partial charge on any atom is 0.217 e. The quantitative estimate of drug-likeness (QED) is 0.674. The fraction of sp³-hybridized carbons (Fsp3) is 0.667. The van der Waals surface area contributed by atoms with Gasteiger partial charge in [-0.3, -0.25) is 4.79 Å². The highest BCUT2D eigenvalue weighted by Gasteiger charge is 1.99. The van der Waals surface area contributed by atoms with E-state index in [2.05, 4.69) is 18.8 Å². The molecule has 1 aromatic heterocycles. The van der Waals surface area contributed by atoms with Gasteiger partial charge in [0.15, 0.2) is 0 Å². The number of aryl methyl sites for hydroxylation is 1. The lowest BCUT2D eigenvalue weighted by Gasteiger charge is -1.99. The van der Waals surface area contributed by atoms with E-state index >= 15 is 0 Å². The van der Waals surface area contributed by atoms with Crippen LogP contribution in [0, 0.1) is 0 Å². The molecule has 0 radical (unpaired) electrons. The minimum Gasteiger partial charge on any atom is -0.389 e. The van der Waals surface area contributed by atoms with Crippen molar-refractivity contribution in [1.82, 2.24) is 4.98 Å². The van der Waals surface area contributed by atoms with E-state index in [9.17, 15) is 4.79 Å². The average Bonchev–Trinajstić information content (AvgIpc) is 2.87. The van der Waals surface area contributed by atoms with Crippen LogP contribution in [0.5, 0.6) is 0 Å². The van der Waals surface area contributed by atoms with Gasteiger partial charge in [-0.2, -0.15) is 0 Å². The van der Waals surface area contributed by atoms with Crippen molar-refractivity contribution in [2.75, 3.05) is 5.73 Å². The van der Waals surface area contributed by atoms with Crippen LogP contribution in [-0.2, 0) is 11.2 Å². The van der Waals surface area contributed by atoms with Crippen LogP contribution in [0.3, 0.4) is 0 Å². The fourth-order valence-corrected chi connectivity index (χ4v) is 2.51. The number of carbonyl (C=O) groups is 1. The van der Waals surface area contributed by atoms with E-state index in [1.807, 2.05) is 0 Å². The van der Waals surface area contributed by atoms with Crippen molar-refractivity contribution in [2.45, 2.75) is 65.2 Å². The number of amides is 1. The second-order valence-corrected chi connectivity index (χ2v) is 6.59. The van der Waals surface area contributed by atoms with Gasteiger partial charge in [0, 0.05) is 6.42 Å². The molecule has 0 saturated heterocycles. The molecule has 1 heterocycles. The number of unbranched alkanes of at least 4 members (excludes halogenated alkanes) is 2. The van der Waals surface area contributed by atoms with Gasteiger partial charge in [-0.25, -0.2) is 4.98 Å². The summed E-state index contributed by atoms with van der Waals surface area (Å²) in [4.78, 5) is 15.5. The molecule has 4 nitrogen and oxygen atoms in total. The Labute approximate surface area is 137 Å². The third-order valence-corrected chi connectivity index (χ3v) is 4.07. The highest BCUT2D eigenvalue weighted by atomic mass is 32.1. The van der Waals surface area contributed by atoms with E-state index in [1.165, 1.54) is 17.8 Å². The number of thiazole rings is 1. The highest BCUT2D eigenvalue weighted by molar-refractivity contribution is 7.80. The molecule has 0 aliphatic rings. The van der Waals surface area contributed by atoms with E-state index in [0.29, 0.717) is 12.8 Å². The Balaban J connectivity index is 0.000000382. The zero-order valence-electron chi connectivity index (χ0n) is 13.1. The van der Waals surface area contributed by atoms with Crippen LogP contribution < -0.4 is 11.5 Å². The van der Waals surface area contributed by atoms with Gasteiger partial charge in [0.1, 0.15) is 5.00 Å². The van der Waals surface area contributed by atoms with Crippen molar-refractivity contribution in [3.8, 4) is 0 Å². The molecule has 120 valence electrons. The minimum atomic E-state index is -0.260. The van der Waals surface area contributed by atoms with Gasteiger partial charge in [0.25, 0.3) is 0 Å². The van der Waals surface area contributed by atoms with Crippen LogP contribution in [0.25, 0.3) is 0 Å². The molecule has 21 heavy (non-hydrogen) atoms. The van der Waals surface area contributed by atoms with Crippen molar-refractivity contribution in [3.05, 3.63) is 11.2 Å². The molecule has 0 aliphatic carbocycles. The molecule has 0 unspecified atom stereocenters. The van der Waals surface area contributed by atoms with Crippen molar-refractivity contribution < 1.29 is 4.79 Å². The van der Waals surface area contributed by atoms with Gasteiger partial charge in [0.2, 0.25) is 5.91 Å². The number of nitrogens with zero attached hydrogens (tertiary/aromatic N) is 1. The number of thiocarbonyl (C=S) groups is 1. The molecule has 6 heteroatoms. The molecule has 1 amide bonds. The Hall–Kier alpha value is -1.01. The SMILES string of the molecule is CCCCC(=S)CCC(N)=O.CCCCc1ncc(N)s1. The van der Waals surface area contributed by atoms with Crippen LogP contribution in [0.4, 0.5) is 5.00 Å². The normalized spacial score (nSPS) is 9.81. The summed E-state index contributed by atoms with van der Waals surface area (Å²) in [5.74, 6) is -0.260. The monoisotopic (exact) mass is 329 g/mol. The summed E-state index contributed by atoms with van der Waals surface area (Å²) < 4.78 is 0. The van der Waals surface area contributed by atoms with Crippen molar-refractivity contribution in [3.63, 3.8) is 0 Å². The van der Waals surface area contributed by atoms with Crippen molar-refractivity contribution in [1.29, 1.82) is 0 Å². The summed E-state index contributed by atoms with van der Waals surface area (Å²) in [7, 11) is 0. The van der Waals surface area contributed by atoms with E-state index in [4.69, 9.17) is 23.7 Å². The number of nitrogen functional groups attached to an aromatic ring is 1. The predicted molar refractivity (Wildman–Crippen MR) is 95.7 cm³/mol. The van der Waals surface area contributed by atoms with Crippen LogP contribution in [0.2, 0.25) is 0 Å². The summed E-state index contributed by atoms with van der Waals surface area (Å²) in [5, 5.41) is 1.99. The second-order valence-electron chi connectivity index (χ2n) is 4.87. The third-order valence-electron chi connectivity index (χ3n) is 2.78. The lowest BCUT2D eigenvalue weighted by molar-refractivity contribution is -0.117. The summed E-state index contributed by atoms with van der Waals surface area (Å²) in [6.45, 7) is 4.30. The molecule has 0 spiro atoms. The third kappa shape index (κ3) is 12.4. The van der Waals surface area contributed by atoms with E-state index in [-0.39, 0.29) is 5.91 Å². The Bertz CT molecular complexity index is 419. The second kappa shape index (κ2) is 12.7. The van der Waals surface area contributed by atoms with E-state index in [0.717, 1.165) is 35.5 Å². The van der Waals surface area contributed by atoms with Gasteiger partial charge in [-0.1, -0.05) is 38.9 Å². The van der Waals surface area contributed by atoms with E-state index < -0.39 is 0 Å². The van der Waals surface area contributed by atoms with Crippen LogP contribution >= 0.6 is 23.6 Å². The number of aromatic nitrogens is 1. The molecule has 4 N–H and O–H groups in total. The van der Waals surface area contributed by atoms with Gasteiger partial charge >= 0.3 is 0 Å². The van der Waals surface area contributed by atoms with Crippen LogP contribution in [0.15, 0.2) is 6.20 Å². The molecule has 0 aromatic carbocycles.